The van der Waals surface area contributed by atoms with E-state index in [0.717, 1.165) is 16.7 Å². The lowest BCUT2D eigenvalue weighted by Gasteiger charge is -2.32. The molecule has 0 amide bonds. The van der Waals surface area contributed by atoms with E-state index < -0.39 is 21.9 Å². The highest BCUT2D eigenvalue weighted by Gasteiger charge is 2.33. The lowest BCUT2D eigenvalue weighted by Crippen LogP contribution is -2.50. The van der Waals surface area contributed by atoms with Gasteiger partial charge in [-0.15, -0.1) is 35.3 Å². The van der Waals surface area contributed by atoms with E-state index in [4.69, 9.17) is 0 Å². The van der Waals surface area contributed by atoms with Crippen molar-refractivity contribution in [1.29, 1.82) is 0 Å². The Kier molecular flexibility index (Phi) is 10.6. The molecule has 29 heavy (non-hydrogen) atoms. The van der Waals surface area contributed by atoms with E-state index in [1.807, 2.05) is 13.8 Å². The first kappa shape index (κ1) is 26.4. The van der Waals surface area contributed by atoms with Crippen LogP contribution in [-0.4, -0.2) is 55.1 Å². The van der Waals surface area contributed by atoms with E-state index in [1.165, 1.54) is 4.31 Å². The zero-order valence-corrected chi connectivity index (χ0v) is 20.3. The topological polar surface area (TPSA) is 86.7 Å². The maximum atomic E-state index is 12.6. The van der Waals surface area contributed by atoms with Crippen LogP contribution in [0.15, 0.2) is 10.4 Å². The van der Waals surface area contributed by atoms with Gasteiger partial charge in [0.2, 0.25) is 10.0 Å². The van der Waals surface area contributed by atoms with Gasteiger partial charge in [-0.3, -0.25) is 0 Å². The molecular weight excluding hydrogens is 542 g/mol. The molecule has 0 spiro atoms. The zero-order valence-electron chi connectivity index (χ0n) is 16.3. The molecule has 1 aromatic rings. The number of hydrogen-bond acceptors (Lipinski definition) is 5. The summed E-state index contributed by atoms with van der Waals surface area (Å²) in [5.74, 6) is 0.643. The SMILES string of the molecule is CCCS(=O)(=O)N1CCC(NC(=NCc2nc(C(F)(F)F)cs2)NCC)CC1.I. The van der Waals surface area contributed by atoms with Crippen molar-refractivity contribution < 1.29 is 21.6 Å². The summed E-state index contributed by atoms with van der Waals surface area (Å²) < 4.78 is 63.7. The van der Waals surface area contributed by atoms with Crippen molar-refractivity contribution in [2.24, 2.45) is 4.99 Å². The van der Waals surface area contributed by atoms with E-state index in [2.05, 4.69) is 20.6 Å². The fourth-order valence-electron chi connectivity index (χ4n) is 2.84. The number of sulfonamides is 1. The highest BCUT2D eigenvalue weighted by Crippen LogP contribution is 2.30. The average Bonchev–Trinajstić information content (AvgIpc) is 3.10. The molecule has 0 radical (unpaired) electrons. The van der Waals surface area contributed by atoms with Crippen LogP contribution in [-0.2, 0) is 22.7 Å². The normalized spacial score (nSPS) is 17.1. The Labute approximate surface area is 190 Å². The summed E-state index contributed by atoms with van der Waals surface area (Å²) in [6, 6.07) is 0.0490. The van der Waals surface area contributed by atoms with Crippen LogP contribution in [0.5, 0.6) is 0 Å². The number of thiazole rings is 1. The Hall–Kier alpha value is -0.670. The maximum Gasteiger partial charge on any atom is 0.434 e. The molecule has 2 N–H and O–H groups in total. The van der Waals surface area contributed by atoms with Crippen LogP contribution in [0, 0.1) is 0 Å². The zero-order chi connectivity index (χ0) is 20.8. The molecule has 7 nitrogen and oxygen atoms in total. The van der Waals surface area contributed by atoms with Crippen LogP contribution >= 0.6 is 35.3 Å². The summed E-state index contributed by atoms with van der Waals surface area (Å²) in [7, 11) is -3.19. The van der Waals surface area contributed by atoms with Crippen molar-refractivity contribution >= 4 is 51.3 Å². The van der Waals surface area contributed by atoms with Gasteiger partial charge in [-0.25, -0.2) is 22.7 Å². The molecule has 0 aromatic carbocycles. The van der Waals surface area contributed by atoms with Gasteiger partial charge < -0.3 is 10.6 Å². The van der Waals surface area contributed by atoms with Crippen molar-refractivity contribution in [3.05, 3.63) is 16.1 Å². The summed E-state index contributed by atoms with van der Waals surface area (Å²) in [5, 5.41) is 7.57. The second-order valence-corrected chi connectivity index (χ2v) is 9.48. The van der Waals surface area contributed by atoms with Crippen molar-refractivity contribution in [2.45, 2.75) is 51.9 Å². The standard InChI is InChI=1S/C16H26F3N5O2S2.HI/c1-3-9-28(25,26)24-7-5-12(6-8-24)22-15(20-4-2)21-10-14-23-13(11-27-14)16(17,18)19;/h11-12H,3-10H2,1-2H3,(H2,20,21,22);1H. The minimum absolute atomic E-state index is 0. The molecule has 2 rings (SSSR count). The van der Waals surface area contributed by atoms with E-state index in [1.54, 1.807) is 0 Å². The van der Waals surface area contributed by atoms with E-state index in [0.29, 0.717) is 44.9 Å². The summed E-state index contributed by atoms with van der Waals surface area (Å²) in [6.07, 6.45) is -2.58. The molecule has 2 heterocycles. The van der Waals surface area contributed by atoms with Gasteiger partial charge in [-0.2, -0.15) is 13.2 Å². The van der Waals surface area contributed by atoms with Crippen LogP contribution in [0.2, 0.25) is 0 Å². The van der Waals surface area contributed by atoms with Crippen LogP contribution in [0.25, 0.3) is 0 Å². The first-order valence-corrected chi connectivity index (χ1v) is 11.7. The average molecular weight is 569 g/mol. The smallest absolute Gasteiger partial charge is 0.357 e. The molecule has 0 atom stereocenters. The fraction of sp³-hybridized carbons (Fsp3) is 0.750. The summed E-state index contributed by atoms with van der Waals surface area (Å²) in [4.78, 5) is 7.89. The highest BCUT2D eigenvalue weighted by atomic mass is 127. The second-order valence-electron chi connectivity index (χ2n) is 6.45. The quantitative estimate of drug-likeness (QED) is 0.300. The predicted molar refractivity (Wildman–Crippen MR) is 119 cm³/mol. The van der Waals surface area contributed by atoms with Gasteiger partial charge in [-0.1, -0.05) is 6.92 Å². The Morgan fingerprint density at radius 2 is 2.00 bits per heavy atom. The lowest BCUT2D eigenvalue weighted by molar-refractivity contribution is -0.140. The molecule has 1 aliphatic rings. The Morgan fingerprint density at radius 3 is 2.52 bits per heavy atom. The number of hydrogen-bond donors (Lipinski definition) is 2. The maximum absolute atomic E-state index is 12.6. The number of piperidine rings is 1. The molecule has 1 saturated heterocycles. The molecule has 0 aliphatic carbocycles. The third-order valence-corrected chi connectivity index (χ3v) is 7.12. The molecule has 1 fully saturated rings. The number of guanidine groups is 1. The van der Waals surface area contributed by atoms with Crippen LogP contribution in [0.3, 0.4) is 0 Å². The fourth-order valence-corrected chi connectivity index (χ4v) is 5.10. The van der Waals surface area contributed by atoms with Crippen LogP contribution in [0.1, 0.15) is 43.8 Å². The molecule has 0 bridgehead atoms. The number of rotatable bonds is 7. The van der Waals surface area contributed by atoms with Crippen molar-refractivity contribution in [2.75, 3.05) is 25.4 Å². The highest BCUT2D eigenvalue weighted by molar-refractivity contribution is 14.0. The summed E-state index contributed by atoms with van der Waals surface area (Å²) in [6.45, 7) is 5.26. The first-order valence-electron chi connectivity index (χ1n) is 9.20. The number of aromatic nitrogens is 1. The molecule has 1 aliphatic heterocycles. The Balaban J connectivity index is 0.00000420. The van der Waals surface area contributed by atoms with Crippen molar-refractivity contribution in [3.8, 4) is 0 Å². The van der Waals surface area contributed by atoms with Gasteiger partial charge in [0.25, 0.3) is 0 Å². The van der Waals surface area contributed by atoms with E-state index in [9.17, 15) is 21.6 Å². The number of aliphatic imine (C=N–C) groups is 1. The van der Waals surface area contributed by atoms with Crippen LogP contribution < -0.4 is 10.6 Å². The van der Waals surface area contributed by atoms with E-state index >= 15 is 0 Å². The summed E-state index contributed by atoms with van der Waals surface area (Å²) in [5.41, 5.74) is -0.902. The van der Waals surface area contributed by atoms with E-state index in [-0.39, 0.29) is 47.3 Å². The van der Waals surface area contributed by atoms with Crippen molar-refractivity contribution in [3.63, 3.8) is 0 Å². The molecule has 0 saturated carbocycles. The minimum atomic E-state index is -4.45. The first-order chi connectivity index (χ1) is 13.2. The number of halogens is 4. The van der Waals surface area contributed by atoms with Gasteiger partial charge in [0.1, 0.15) is 5.01 Å². The molecule has 1 aromatic heterocycles. The molecule has 0 unspecified atom stereocenters. The van der Waals surface area contributed by atoms with Gasteiger partial charge in [-0.05, 0) is 26.2 Å². The largest absolute Gasteiger partial charge is 0.434 e. The van der Waals surface area contributed by atoms with Gasteiger partial charge in [0.05, 0.1) is 12.3 Å². The number of nitrogens with zero attached hydrogens (tertiary/aromatic N) is 3. The van der Waals surface area contributed by atoms with Gasteiger partial charge in [0, 0.05) is 31.1 Å². The molecular formula is C16H27F3IN5O2S2. The third kappa shape index (κ3) is 8.17. The molecule has 13 heteroatoms. The monoisotopic (exact) mass is 569 g/mol. The van der Waals surface area contributed by atoms with Crippen molar-refractivity contribution in [1.82, 2.24) is 19.9 Å². The van der Waals surface area contributed by atoms with Gasteiger partial charge >= 0.3 is 6.18 Å². The number of nitrogens with one attached hydrogen (secondary N) is 2. The van der Waals surface area contributed by atoms with Crippen LogP contribution in [0.4, 0.5) is 13.2 Å². The molecule has 168 valence electrons. The Bertz CT molecular complexity index is 763. The second kappa shape index (κ2) is 11.6. The predicted octanol–water partition coefficient (Wildman–Crippen LogP) is 3.04. The third-order valence-electron chi connectivity index (χ3n) is 4.21. The summed E-state index contributed by atoms with van der Waals surface area (Å²) >= 11 is 0.923. The lowest BCUT2D eigenvalue weighted by atomic mass is 10.1. The Morgan fingerprint density at radius 1 is 1.34 bits per heavy atom. The number of alkyl halides is 3. The minimum Gasteiger partial charge on any atom is -0.357 e. The van der Waals surface area contributed by atoms with Gasteiger partial charge in [0.15, 0.2) is 11.7 Å².